The average molecular weight is 1390 g/mol. The van der Waals surface area contributed by atoms with Crippen LogP contribution in [0.1, 0.15) is 94.5 Å². The van der Waals surface area contributed by atoms with E-state index in [1.807, 2.05) is 110 Å². The summed E-state index contributed by atoms with van der Waals surface area (Å²) in [6, 6.07) is 27.6. The Morgan fingerprint density at radius 3 is 2.28 bits per heavy atom. The highest BCUT2D eigenvalue weighted by Crippen LogP contribution is 2.50. The Hall–Kier alpha value is -8.56. The number of allylic oxidation sites excluding steroid dienone is 3. The van der Waals surface area contributed by atoms with Crippen LogP contribution in [0.5, 0.6) is 5.75 Å². The van der Waals surface area contributed by atoms with E-state index in [0.29, 0.717) is 29.4 Å². The zero-order valence-electron chi connectivity index (χ0n) is 58.0. The number of aliphatic carboxylic acids is 1. The molecule has 9 atom stereocenters. The first-order valence-electron chi connectivity index (χ1n) is 33.4. The number of carboxylic acid groups (broad SMARTS) is 1. The normalized spacial score (nSPS) is 22.8. The van der Waals surface area contributed by atoms with E-state index in [-0.39, 0.29) is 97.1 Å². The molecule has 4 heterocycles. The Labute approximate surface area is 582 Å². The number of rotatable bonds is 27. The van der Waals surface area contributed by atoms with Crippen molar-refractivity contribution in [2.24, 2.45) is 5.92 Å². The summed E-state index contributed by atoms with van der Waals surface area (Å²) in [5, 5.41) is 33.9. The summed E-state index contributed by atoms with van der Waals surface area (Å²) in [5.74, 6) is -3.39. The molecule has 2 unspecified atom stereocenters. The molecular weight excluding hydrogens is 1300 g/mol. The molecule has 4 aliphatic rings. The highest BCUT2D eigenvalue weighted by Gasteiger charge is 2.64. The summed E-state index contributed by atoms with van der Waals surface area (Å²) in [4.78, 5) is 96.3. The van der Waals surface area contributed by atoms with Gasteiger partial charge < -0.3 is 73.1 Å². The van der Waals surface area contributed by atoms with Crippen molar-refractivity contribution in [1.82, 2.24) is 35.4 Å². The van der Waals surface area contributed by atoms with E-state index >= 15 is 0 Å². The molecule has 5 N–H and O–H groups in total. The van der Waals surface area contributed by atoms with E-state index in [0.717, 1.165) is 50.0 Å². The van der Waals surface area contributed by atoms with Crippen LogP contribution in [0.3, 0.4) is 0 Å². The quantitative estimate of drug-likeness (QED) is 0.0109. The first-order chi connectivity index (χ1) is 47.3. The number of carbonyl (C=O) groups excluding carboxylic acids is 6. The molecule has 0 radical (unpaired) electrons. The van der Waals surface area contributed by atoms with Gasteiger partial charge in [-0.15, -0.1) is 0 Å². The number of anilines is 1. The third-order valence-electron chi connectivity index (χ3n) is 19.2. The number of fused-ring (bicyclic) bond motifs is 9. The number of carboxylic acids is 1. The first kappa shape index (κ1) is 74.7. The molecule has 0 saturated carbocycles. The third-order valence-corrected chi connectivity index (χ3v) is 19.6. The van der Waals surface area contributed by atoms with Gasteiger partial charge in [0.05, 0.1) is 58.3 Å². The van der Waals surface area contributed by atoms with Gasteiger partial charge in [0.25, 0.3) is 0 Å². The molecule has 3 aliphatic heterocycles. The van der Waals surface area contributed by atoms with Gasteiger partial charge in [-0.25, -0.2) is 24.4 Å². The second-order valence-corrected chi connectivity index (χ2v) is 26.4. The molecule has 5 amide bonds. The van der Waals surface area contributed by atoms with Gasteiger partial charge in [-0.05, 0) is 91.1 Å². The number of likely N-dealkylation sites (N-methyl/N-ethyl adjacent to an activating group) is 1. The van der Waals surface area contributed by atoms with E-state index in [2.05, 4.69) is 40.2 Å². The van der Waals surface area contributed by atoms with Crippen molar-refractivity contribution in [2.75, 3.05) is 93.4 Å². The molecular formula is C73H93ClN8O17. The van der Waals surface area contributed by atoms with Crippen LogP contribution in [0.2, 0.25) is 5.02 Å². The molecule has 5 aromatic rings. The number of methoxy groups -OCH3 is 2. The molecule has 2 saturated heterocycles. The van der Waals surface area contributed by atoms with Crippen LogP contribution in [-0.4, -0.2) is 208 Å². The Kier molecular flexibility index (Phi) is 25.3. The van der Waals surface area contributed by atoms with Crippen LogP contribution in [0.4, 0.5) is 15.3 Å². The number of hydrogen-bond donors (Lipinski definition) is 5. The van der Waals surface area contributed by atoms with Crippen molar-refractivity contribution in [3.05, 3.63) is 142 Å². The minimum atomic E-state index is -1.84. The lowest BCUT2D eigenvalue weighted by atomic mass is 9.83. The van der Waals surface area contributed by atoms with Gasteiger partial charge in [0.1, 0.15) is 53.4 Å². The van der Waals surface area contributed by atoms with Crippen LogP contribution in [0.15, 0.2) is 115 Å². The van der Waals surface area contributed by atoms with Gasteiger partial charge >= 0.3 is 24.1 Å². The number of alkyl carbamates (subject to hydrolysis) is 1. The number of ether oxygens (including phenoxy) is 8. The first-order valence-corrected chi connectivity index (χ1v) is 33.8. The smallest absolute Gasteiger partial charge is 0.424 e. The number of carbonyl (C=O) groups is 7. The third kappa shape index (κ3) is 18.3. The highest BCUT2D eigenvalue weighted by molar-refractivity contribution is 6.34. The number of aromatic nitrogens is 1. The zero-order chi connectivity index (χ0) is 71.3. The molecule has 4 aromatic carbocycles. The average Bonchev–Trinajstić information content (AvgIpc) is 1.58. The van der Waals surface area contributed by atoms with Crippen LogP contribution in [-0.2, 0) is 76.6 Å². The minimum Gasteiger partial charge on any atom is -0.495 e. The zero-order valence-corrected chi connectivity index (χ0v) is 58.7. The maximum absolute atomic E-state index is 14.2. The van der Waals surface area contributed by atoms with Crippen molar-refractivity contribution in [3.8, 4) is 16.9 Å². The lowest BCUT2D eigenvalue weighted by Gasteiger charge is -2.42. The van der Waals surface area contributed by atoms with Crippen LogP contribution < -0.4 is 25.6 Å². The number of amides is 5. The van der Waals surface area contributed by atoms with Crippen molar-refractivity contribution >= 4 is 70.0 Å². The van der Waals surface area contributed by atoms with Gasteiger partial charge in [0.2, 0.25) is 17.7 Å². The number of aliphatic hydroxyl groups is 1. The maximum Gasteiger partial charge on any atom is 0.424 e. The lowest BCUT2D eigenvalue weighted by molar-refractivity contribution is -0.161. The Balaban J connectivity index is 0.719. The van der Waals surface area contributed by atoms with Crippen LogP contribution in [0, 0.1) is 5.92 Å². The number of hydrogen-bond acceptors (Lipinski definition) is 18. The summed E-state index contributed by atoms with van der Waals surface area (Å²) >= 11 is 6.93. The molecule has 99 heavy (non-hydrogen) atoms. The number of hydrazine groups is 1. The summed E-state index contributed by atoms with van der Waals surface area (Å²) in [6.07, 6.45) is 0.804. The fourth-order valence-corrected chi connectivity index (χ4v) is 13.6. The number of nitrogens with one attached hydrogen (secondary N) is 3. The molecule has 9 rings (SSSR count). The largest absolute Gasteiger partial charge is 0.495 e. The predicted octanol–water partition coefficient (Wildman–Crippen LogP) is 8.15. The molecule has 534 valence electrons. The van der Waals surface area contributed by atoms with Crippen molar-refractivity contribution in [3.63, 3.8) is 0 Å². The molecule has 4 bridgehead atoms. The van der Waals surface area contributed by atoms with Crippen LogP contribution >= 0.6 is 11.6 Å². The predicted molar refractivity (Wildman–Crippen MR) is 370 cm³/mol. The van der Waals surface area contributed by atoms with Crippen molar-refractivity contribution in [2.45, 2.75) is 139 Å². The van der Waals surface area contributed by atoms with Gasteiger partial charge in [0, 0.05) is 104 Å². The lowest BCUT2D eigenvalue weighted by Crippen LogP contribution is -2.63. The fourth-order valence-electron chi connectivity index (χ4n) is 13.2. The van der Waals surface area contributed by atoms with E-state index in [9.17, 15) is 43.8 Å². The number of halogens is 1. The number of epoxide rings is 1. The number of para-hydroxylation sites is 1. The second-order valence-electron chi connectivity index (χ2n) is 26.0. The number of aryl methyl sites for hydroxylation is 1. The van der Waals surface area contributed by atoms with E-state index in [4.69, 9.17) is 49.5 Å². The topological polar surface area (TPSA) is 291 Å². The summed E-state index contributed by atoms with van der Waals surface area (Å²) in [7, 11) is 9.77. The van der Waals surface area contributed by atoms with Crippen molar-refractivity contribution in [1.29, 1.82) is 0 Å². The fraction of sp³-hybridized carbons (Fsp3) is 0.493. The SMILES string of the molecule is COc1cc2cc(c1Cl)N(C)CC[C@H](OC(=O)[C@H](C)N(C)C(=O)CCOCCOCCNC(=O)[C@H](CCC(=O)O)NC(=O)CCn1c(CN(C)N(C)C(=O)OCC3c4ccccc4-c4ccccc43)cc3ccccc31)[C@]1(C)OC1[C@H](C)[C@@H]1CC(O)(NC(=O)O1)[C@H](OC)/C=C/C=C(\C)C2. The van der Waals surface area contributed by atoms with E-state index < -0.39 is 95.6 Å². The van der Waals surface area contributed by atoms with E-state index in [1.165, 1.54) is 24.1 Å². The van der Waals surface area contributed by atoms with Crippen molar-refractivity contribution < 1.29 is 81.7 Å². The van der Waals surface area contributed by atoms with Gasteiger partial charge in [-0.2, -0.15) is 0 Å². The van der Waals surface area contributed by atoms with Crippen LogP contribution in [0.25, 0.3) is 22.0 Å². The summed E-state index contributed by atoms with van der Waals surface area (Å²) < 4.78 is 49.2. The second kappa shape index (κ2) is 33.5. The monoisotopic (exact) mass is 1390 g/mol. The molecule has 25 nitrogen and oxygen atoms in total. The molecule has 0 spiro atoms. The summed E-state index contributed by atoms with van der Waals surface area (Å²) in [6.45, 7) is 8.47. The number of esters is 1. The molecule has 2 fully saturated rings. The number of nitrogens with zero attached hydrogens (tertiary/aromatic N) is 5. The Morgan fingerprint density at radius 2 is 1.59 bits per heavy atom. The summed E-state index contributed by atoms with van der Waals surface area (Å²) in [5.41, 5.74) is 5.79. The van der Waals surface area contributed by atoms with E-state index in [1.54, 1.807) is 45.3 Å². The molecule has 1 aliphatic carbocycles. The van der Waals surface area contributed by atoms with Gasteiger partial charge in [0.15, 0.2) is 5.72 Å². The molecule has 1 aromatic heterocycles. The minimum absolute atomic E-state index is 0.00144. The standard InChI is InChI=1S/C73H93ClN8O17/c1-45-18-17-25-62(93-10)73(91)42-60(97-70(89)77-73)46(2)67-72(4,99-67)61(28-32-78(5)58-39-48(38-45)40-59(92-9)66(58)74)98-69(88)47(3)80(7)64(84)30-34-94-36-37-95-35-31-75-68(87)56(26-27-65(85)86)76-63(83)29-33-82-50(41-49-19-11-16-24-57(49)82)43-79(6)81(8)71(90)96-44-55-53-22-14-12-20-51(53)52-21-13-15-23-54(52)55/h11-25,39-41,46-47,55-56,60-62,67,91H,26-38,42-44H2,1-10H3,(H,75,87)(H,76,83)(H,77,89)(H,85,86)/b25-17+,45-18+/t46-,47+,56+,60+,61+,62-,67?,72+,73?/m1/s1. The maximum atomic E-state index is 14.2. The Bertz CT molecular complexity index is 3740. The number of benzene rings is 4. The highest BCUT2D eigenvalue weighted by atomic mass is 35.5. The van der Waals surface area contributed by atoms with Gasteiger partial charge in [-0.3, -0.25) is 24.5 Å². The molecule has 26 heteroatoms. The van der Waals surface area contributed by atoms with Gasteiger partial charge in [-0.1, -0.05) is 109 Å². The Morgan fingerprint density at radius 1 is 0.899 bits per heavy atom.